The first-order valence-electron chi connectivity index (χ1n) is 6.69. The molecule has 0 fully saturated rings. The van der Waals surface area contributed by atoms with E-state index in [2.05, 4.69) is 0 Å². The van der Waals surface area contributed by atoms with Gasteiger partial charge in [-0.05, 0) is 47.2 Å². The largest absolute Gasteiger partial charge is 0.497 e. The van der Waals surface area contributed by atoms with Crippen LogP contribution in [0.4, 0.5) is 0 Å². The highest BCUT2D eigenvalue weighted by molar-refractivity contribution is 5.87. The summed E-state index contributed by atoms with van der Waals surface area (Å²) < 4.78 is 16.6. The zero-order valence-corrected chi connectivity index (χ0v) is 12.0. The monoisotopic (exact) mass is 280 g/mol. The van der Waals surface area contributed by atoms with Gasteiger partial charge in [-0.25, -0.2) is 0 Å². The molecule has 0 atom stereocenters. The molecule has 3 nitrogen and oxygen atoms in total. The van der Waals surface area contributed by atoms with E-state index in [1.165, 1.54) is 0 Å². The van der Waals surface area contributed by atoms with Crippen LogP contribution in [0.15, 0.2) is 60.7 Å². The van der Waals surface area contributed by atoms with E-state index in [1.54, 1.807) is 14.2 Å². The van der Waals surface area contributed by atoms with Gasteiger partial charge in [0.05, 0.1) is 14.2 Å². The fraction of sp³-hybridized carbons (Fsp3) is 0.111. The SMILES string of the molecule is COc1ccc2cc(OC)c(Oc3ccccc3)cc2c1. The first-order chi connectivity index (χ1) is 10.3. The van der Waals surface area contributed by atoms with Crippen LogP contribution in [0.1, 0.15) is 0 Å². The van der Waals surface area contributed by atoms with Crippen molar-refractivity contribution in [3.05, 3.63) is 60.7 Å². The van der Waals surface area contributed by atoms with E-state index in [4.69, 9.17) is 14.2 Å². The summed E-state index contributed by atoms with van der Waals surface area (Å²) in [6.45, 7) is 0. The lowest BCUT2D eigenvalue weighted by Gasteiger charge is -2.12. The molecule has 106 valence electrons. The van der Waals surface area contributed by atoms with E-state index in [9.17, 15) is 0 Å². The molecule has 3 aromatic rings. The van der Waals surface area contributed by atoms with Gasteiger partial charge in [0.25, 0.3) is 0 Å². The van der Waals surface area contributed by atoms with Crippen LogP contribution in [0, 0.1) is 0 Å². The Morgan fingerprint density at radius 3 is 2.10 bits per heavy atom. The normalized spacial score (nSPS) is 10.4. The molecule has 0 radical (unpaired) electrons. The number of benzene rings is 3. The van der Waals surface area contributed by atoms with Crippen LogP contribution in [-0.2, 0) is 0 Å². The maximum Gasteiger partial charge on any atom is 0.169 e. The summed E-state index contributed by atoms with van der Waals surface area (Å²) in [4.78, 5) is 0. The molecule has 0 aromatic heterocycles. The number of para-hydroxylation sites is 1. The average molecular weight is 280 g/mol. The standard InChI is InChI=1S/C18H16O3/c1-19-16-9-8-13-11-17(20-2)18(12-14(13)10-16)21-15-6-4-3-5-7-15/h3-12H,1-2H3. The third-order valence-electron chi connectivity index (χ3n) is 3.30. The highest BCUT2D eigenvalue weighted by atomic mass is 16.5. The summed E-state index contributed by atoms with van der Waals surface area (Å²) in [7, 11) is 3.30. The van der Waals surface area contributed by atoms with E-state index in [1.807, 2.05) is 60.7 Å². The van der Waals surface area contributed by atoms with Crippen molar-refractivity contribution in [3.63, 3.8) is 0 Å². The van der Waals surface area contributed by atoms with E-state index in [0.29, 0.717) is 11.5 Å². The van der Waals surface area contributed by atoms with Gasteiger partial charge in [0, 0.05) is 0 Å². The maximum absolute atomic E-state index is 5.92. The van der Waals surface area contributed by atoms with Crippen molar-refractivity contribution in [1.82, 2.24) is 0 Å². The zero-order chi connectivity index (χ0) is 14.7. The predicted octanol–water partition coefficient (Wildman–Crippen LogP) is 4.65. The van der Waals surface area contributed by atoms with Gasteiger partial charge in [-0.15, -0.1) is 0 Å². The molecule has 0 spiro atoms. The van der Waals surface area contributed by atoms with E-state index < -0.39 is 0 Å². The molecule has 0 aliphatic rings. The second-order valence-electron chi connectivity index (χ2n) is 4.63. The van der Waals surface area contributed by atoms with Gasteiger partial charge >= 0.3 is 0 Å². The maximum atomic E-state index is 5.92. The Morgan fingerprint density at radius 2 is 1.38 bits per heavy atom. The van der Waals surface area contributed by atoms with Gasteiger partial charge in [0.15, 0.2) is 11.5 Å². The van der Waals surface area contributed by atoms with Crippen molar-refractivity contribution >= 4 is 10.8 Å². The number of rotatable bonds is 4. The highest BCUT2D eigenvalue weighted by Gasteiger charge is 2.08. The van der Waals surface area contributed by atoms with Gasteiger partial charge in [0.2, 0.25) is 0 Å². The summed E-state index contributed by atoms with van der Waals surface area (Å²) >= 11 is 0. The second kappa shape index (κ2) is 5.75. The molecular formula is C18H16O3. The Kier molecular flexibility index (Phi) is 3.65. The van der Waals surface area contributed by atoms with Crippen molar-refractivity contribution < 1.29 is 14.2 Å². The summed E-state index contributed by atoms with van der Waals surface area (Å²) in [6.07, 6.45) is 0. The minimum absolute atomic E-state index is 0.685. The lowest BCUT2D eigenvalue weighted by Crippen LogP contribution is -1.91. The number of hydrogen-bond donors (Lipinski definition) is 0. The molecule has 0 saturated heterocycles. The quantitative estimate of drug-likeness (QED) is 0.696. The van der Waals surface area contributed by atoms with E-state index in [-0.39, 0.29) is 0 Å². The molecule has 3 aromatic carbocycles. The summed E-state index contributed by atoms with van der Waals surface area (Å²) in [5.74, 6) is 2.98. The lowest BCUT2D eigenvalue weighted by atomic mass is 10.1. The van der Waals surface area contributed by atoms with Crippen molar-refractivity contribution in [3.8, 4) is 23.0 Å². The lowest BCUT2D eigenvalue weighted by molar-refractivity contribution is 0.379. The molecule has 3 heteroatoms. The molecule has 0 unspecified atom stereocenters. The number of methoxy groups -OCH3 is 2. The van der Waals surface area contributed by atoms with Crippen LogP contribution in [-0.4, -0.2) is 14.2 Å². The first kappa shape index (κ1) is 13.3. The molecule has 0 aliphatic heterocycles. The average Bonchev–Trinajstić information content (AvgIpc) is 2.54. The third kappa shape index (κ3) is 2.77. The van der Waals surface area contributed by atoms with Gasteiger partial charge in [-0.1, -0.05) is 24.3 Å². The summed E-state index contributed by atoms with van der Waals surface area (Å²) in [6, 6.07) is 19.5. The Bertz CT molecular complexity index is 751. The van der Waals surface area contributed by atoms with Crippen LogP contribution < -0.4 is 14.2 Å². The summed E-state index contributed by atoms with van der Waals surface area (Å²) in [5, 5.41) is 2.12. The van der Waals surface area contributed by atoms with Crippen LogP contribution >= 0.6 is 0 Å². The summed E-state index contributed by atoms with van der Waals surface area (Å²) in [5.41, 5.74) is 0. The second-order valence-corrected chi connectivity index (χ2v) is 4.63. The van der Waals surface area contributed by atoms with Gasteiger partial charge in [-0.2, -0.15) is 0 Å². The minimum Gasteiger partial charge on any atom is -0.497 e. The van der Waals surface area contributed by atoms with E-state index >= 15 is 0 Å². The van der Waals surface area contributed by atoms with Crippen LogP contribution in [0.2, 0.25) is 0 Å². The number of ether oxygens (including phenoxy) is 3. The Balaban J connectivity index is 2.07. The van der Waals surface area contributed by atoms with Crippen molar-refractivity contribution in [2.75, 3.05) is 14.2 Å². The fourth-order valence-corrected chi connectivity index (χ4v) is 2.22. The topological polar surface area (TPSA) is 27.7 Å². The first-order valence-corrected chi connectivity index (χ1v) is 6.69. The van der Waals surface area contributed by atoms with Crippen molar-refractivity contribution in [2.24, 2.45) is 0 Å². The van der Waals surface area contributed by atoms with Crippen molar-refractivity contribution in [2.45, 2.75) is 0 Å². The molecule has 0 saturated carbocycles. The van der Waals surface area contributed by atoms with Gasteiger partial charge in [0.1, 0.15) is 11.5 Å². The Hall–Kier alpha value is -2.68. The molecule has 0 bridgehead atoms. The fourth-order valence-electron chi connectivity index (χ4n) is 2.22. The van der Waals surface area contributed by atoms with Gasteiger partial charge in [-0.3, -0.25) is 0 Å². The molecule has 0 N–H and O–H groups in total. The van der Waals surface area contributed by atoms with Gasteiger partial charge < -0.3 is 14.2 Å². The molecule has 3 rings (SSSR count). The van der Waals surface area contributed by atoms with Crippen molar-refractivity contribution in [1.29, 1.82) is 0 Å². The van der Waals surface area contributed by atoms with Crippen LogP contribution in [0.25, 0.3) is 10.8 Å². The minimum atomic E-state index is 0.685. The number of hydrogen-bond acceptors (Lipinski definition) is 3. The molecular weight excluding hydrogens is 264 g/mol. The van der Waals surface area contributed by atoms with Crippen LogP contribution in [0.5, 0.6) is 23.0 Å². The highest BCUT2D eigenvalue weighted by Crippen LogP contribution is 2.36. The molecule has 21 heavy (non-hydrogen) atoms. The third-order valence-corrected chi connectivity index (χ3v) is 3.30. The molecule has 0 aliphatic carbocycles. The van der Waals surface area contributed by atoms with E-state index in [0.717, 1.165) is 22.3 Å². The predicted molar refractivity (Wildman–Crippen MR) is 83.6 cm³/mol. The zero-order valence-electron chi connectivity index (χ0n) is 12.0. The molecule has 0 heterocycles. The smallest absolute Gasteiger partial charge is 0.169 e. The Labute approximate surface area is 123 Å². The molecule has 0 amide bonds. The Morgan fingerprint density at radius 1 is 0.619 bits per heavy atom. The number of fused-ring (bicyclic) bond motifs is 1. The van der Waals surface area contributed by atoms with Crippen LogP contribution in [0.3, 0.4) is 0 Å².